The number of thioether (sulfide) groups is 1. The lowest BCUT2D eigenvalue weighted by Gasteiger charge is -2.13. The Bertz CT molecular complexity index is 196. The van der Waals surface area contributed by atoms with Crippen molar-refractivity contribution in [3.63, 3.8) is 0 Å². The molecule has 2 nitrogen and oxygen atoms in total. The number of hydrogen-bond acceptors (Lipinski definition) is 3. The molecule has 4 heteroatoms. The molecule has 11 heavy (non-hydrogen) atoms. The quantitative estimate of drug-likeness (QED) is 0.607. The first-order valence-electron chi connectivity index (χ1n) is 3.74. The fraction of sp³-hybridized carbons (Fsp3) is 0.714. The van der Waals surface area contributed by atoms with Crippen LogP contribution < -0.4 is 0 Å². The first-order valence-corrected chi connectivity index (χ1v) is 5.14. The minimum atomic E-state index is 0.201. The zero-order valence-corrected chi connectivity index (χ0v) is 7.71. The maximum atomic E-state index is 11.2. The maximum Gasteiger partial charge on any atom is 0.238 e. The summed E-state index contributed by atoms with van der Waals surface area (Å²) < 4.78 is 0.780. The molecule has 60 valence electrons. The molecule has 0 aromatic carbocycles. The van der Waals surface area contributed by atoms with Gasteiger partial charge in [0, 0.05) is 6.54 Å². The van der Waals surface area contributed by atoms with Gasteiger partial charge in [-0.05, 0) is 18.8 Å². The van der Waals surface area contributed by atoms with Crippen molar-refractivity contribution in [1.29, 1.82) is 0 Å². The van der Waals surface area contributed by atoms with E-state index in [0.717, 1.165) is 16.8 Å². The van der Waals surface area contributed by atoms with Crippen LogP contribution in [0.15, 0.2) is 0 Å². The predicted octanol–water partition coefficient (Wildman–Crippen LogP) is 1.26. The molecule has 1 aliphatic heterocycles. The highest BCUT2D eigenvalue weighted by Crippen LogP contribution is 2.32. The number of thiocarbonyl (C=S) groups is 1. The van der Waals surface area contributed by atoms with Crippen LogP contribution in [0.2, 0.25) is 0 Å². The van der Waals surface area contributed by atoms with E-state index in [0.29, 0.717) is 5.75 Å². The van der Waals surface area contributed by atoms with Crippen molar-refractivity contribution in [3.05, 3.63) is 0 Å². The lowest BCUT2D eigenvalue weighted by molar-refractivity contribution is -0.124. The third-order valence-electron chi connectivity index (χ3n) is 1.98. The summed E-state index contributed by atoms with van der Waals surface area (Å²) in [6, 6.07) is 0. The van der Waals surface area contributed by atoms with Gasteiger partial charge in [0.1, 0.15) is 4.32 Å². The summed E-state index contributed by atoms with van der Waals surface area (Å²) in [6.07, 6.45) is 2.55. The number of carbonyl (C=O) groups excluding carboxylic acids is 1. The second-order valence-electron chi connectivity index (χ2n) is 3.00. The van der Waals surface area contributed by atoms with Crippen molar-refractivity contribution in [2.45, 2.75) is 12.8 Å². The Kier molecular flexibility index (Phi) is 1.89. The van der Waals surface area contributed by atoms with Crippen LogP contribution >= 0.6 is 24.0 Å². The number of carbonyl (C=O) groups is 1. The second-order valence-corrected chi connectivity index (χ2v) is 4.61. The molecule has 0 aromatic heterocycles. The molecule has 2 fully saturated rings. The van der Waals surface area contributed by atoms with Crippen LogP contribution in [0.5, 0.6) is 0 Å². The standard InChI is InChI=1S/C7H9NOS2/c9-6-4-11-7(10)8(6)3-5-1-2-5/h5H,1-4H2. The van der Waals surface area contributed by atoms with E-state index < -0.39 is 0 Å². The summed E-state index contributed by atoms with van der Waals surface area (Å²) in [5, 5.41) is 0. The smallest absolute Gasteiger partial charge is 0.238 e. The van der Waals surface area contributed by atoms with Crippen molar-refractivity contribution < 1.29 is 4.79 Å². The Morgan fingerprint density at radius 3 is 2.82 bits per heavy atom. The molecule has 0 N–H and O–H groups in total. The average molecular weight is 187 g/mol. The fourth-order valence-electron chi connectivity index (χ4n) is 1.12. The van der Waals surface area contributed by atoms with Crippen LogP contribution in [0.3, 0.4) is 0 Å². The SMILES string of the molecule is O=C1CSC(=S)N1CC1CC1. The summed E-state index contributed by atoms with van der Waals surface area (Å²) in [4.78, 5) is 12.9. The Morgan fingerprint density at radius 2 is 2.36 bits per heavy atom. The average Bonchev–Trinajstić information content (AvgIpc) is 2.73. The van der Waals surface area contributed by atoms with Gasteiger partial charge in [0.2, 0.25) is 5.91 Å². The number of amides is 1. The first kappa shape index (κ1) is 7.55. The van der Waals surface area contributed by atoms with Gasteiger partial charge in [-0.2, -0.15) is 0 Å². The first-order chi connectivity index (χ1) is 5.27. The third-order valence-corrected chi connectivity index (χ3v) is 3.41. The monoisotopic (exact) mass is 187 g/mol. The van der Waals surface area contributed by atoms with Gasteiger partial charge >= 0.3 is 0 Å². The molecule has 1 aliphatic carbocycles. The summed E-state index contributed by atoms with van der Waals surface area (Å²) in [5.74, 6) is 1.51. The highest BCUT2D eigenvalue weighted by atomic mass is 32.2. The molecule has 1 heterocycles. The molecule has 0 spiro atoms. The Hall–Kier alpha value is -0.0900. The Balaban J connectivity index is 1.97. The Labute approximate surface area is 75.3 Å². The summed E-state index contributed by atoms with van der Waals surface area (Å²) in [5.41, 5.74) is 0. The molecule has 1 saturated carbocycles. The van der Waals surface area contributed by atoms with E-state index in [-0.39, 0.29) is 5.91 Å². The van der Waals surface area contributed by atoms with Crippen LogP contribution in [0.25, 0.3) is 0 Å². The van der Waals surface area contributed by atoms with Gasteiger partial charge in [0.25, 0.3) is 0 Å². The predicted molar refractivity (Wildman–Crippen MR) is 49.5 cm³/mol. The molecule has 0 atom stereocenters. The van der Waals surface area contributed by atoms with E-state index >= 15 is 0 Å². The van der Waals surface area contributed by atoms with Crippen LogP contribution in [-0.4, -0.2) is 27.4 Å². The highest BCUT2D eigenvalue weighted by molar-refractivity contribution is 8.23. The van der Waals surface area contributed by atoms with Crippen LogP contribution in [-0.2, 0) is 4.79 Å². The van der Waals surface area contributed by atoms with Crippen molar-refractivity contribution >= 4 is 34.2 Å². The van der Waals surface area contributed by atoms with Crippen LogP contribution in [0.1, 0.15) is 12.8 Å². The van der Waals surface area contributed by atoms with Gasteiger partial charge in [-0.1, -0.05) is 24.0 Å². The lowest BCUT2D eigenvalue weighted by atomic mass is 10.4. The van der Waals surface area contributed by atoms with Crippen molar-refractivity contribution in [1.82, 2.24) is 4.90 Å². The molecule has 2 rings (SSSR count). The molecule has 1 amide bonds. The minimum absolute atomic E-state index is 0.201. The molecular weight excluding hydrogens is 178 g/mol. The summed E-state index contributed by atoms with van der Waals surface area (Å²) in [7, 11) is 0. The van der Waals surface area contributed by atoms with Gasteiger partial charge in [-0.15, -0.1) is 0 Å². The normalized spacial score (nSPS) is 24.9. The van der Waals surface area contributed by atoms with E-state index in [1.807, 2.05) is 0 Å². The van der Waals surface area contributed by atoms with Gasteiger partial charge < -0.3 is 0 Å². The van der Waals surface area contributed by atoms with Gasteiger partial charge in [0.15, 0.2) is 0 Å². The Morgan fingerprint density at radius 1 is 1.64 bits per heavy atom. The second kappa shape index (κ2) is 2.75. The van der Waals surface area contributed by atoms with E-state index in [1.54, 1.807) is 4.90 Å². The third kappa shape index (κ3) is 1.56. The van der Waals surface area contributed by atoms with Gasteiger partial charge in [-0.3, -0.25) is 9.69 Å². The lowest BCUT2D eigenvalue weighted by Crippen LogP contribution is -2.30. The molecule has 0 bridgehead atoms. The number of nitrogens with zero attached hydrogens (tertiary/aromatic N) is 1. The van der Waals surface area contributed by atoms with E-state index in [1.165, 1.54) is 24.6 Å². The van der Waals surface area contributed by atoms with Crippen LogP contribution in [0, 0.1) is 5.92 Å². The fourth-order valence-corrected chi connectivity index (χ4v) is 2.20. The topological polar surface area (TPSA) is 20.3 Å². The maximum absolute atomic E-state index is 11.2. The zero-order chi connectivity index (χ0) is 7.84. The highest BCUT2D eigenvalue weighted by Gasteiger charge is 2.32. The molecule has 0 unspecified atom stereocenters. The molecule has 2 aliphatic rings. The largest absolute Gasteiger partial charge is 0.297 e. The molecular formula is C7H9NOS2. The van der Waals surface area contributed by atoms with Crippen molar-refractivity contribution in [2.24, 2.45) is 5.92 Å². The summed E-state index contributed by atoms with van der Waals surface area (Å²) in [6.45, 7) is 0.880. The van der Waals surface area contributed by atoms with Crippen molar-refractivity contribution in [3.8, 4) is 0 Å². The van der Waals surface area contributed by atoms with Crippen molar-refractivity contribution in [2.75, 3.05) is 12.3 Å². The van der Waals surface area contributed by atoms with E-state index in [9.17, 15) is 4.79 Å². The molecule has 1 saturated heterocycles. The summed E-state index contributed by atoms with van der Waals surface area (Å²) >= 11 is 6.52. The minimum Gasteiger partial charge on any atom is -0.297 e. The molecule has 0 aromatic rings. The van der Waals surface area contributed by atoms with E-state index in [2.05, 4.69) is 0 Å². The molecule has 0 radical (unpaired) electrons. The number of hydrogen-bond donors (Lipinski definition) is 0. The number of rotatable bonds is 2. The zero-order valence-electron chi connectivity index (χ0n) is 6.08. The van der Waals surface area contributed by atoms with Gasteiger partial charge in [-0.25, -0.2) is 0 Å². The van der Waals surface area contributed by atoms with Crippen LogP contribution in [0.4, 0.5) is 0 Å². The van der Waals surface area contributed by atoms with Gasteiger partial charge in [0.05, 0.1) is 5.75 Å². The van der Waals surface area contributed by atoms with E-state index in [4.69, 9.17) is 12.2 Å².